The van der Waals surface area contributed by atoms with Crippen LogP contribution in [0.5, 0.6) is 0 Å². The monoisotopic (exact) mass is 222 g/mol. The third kappa shape index (κ3) is 2.10. The van der Waals surface area contributed by atoms with E-state index in [1.807, 2.05) is 0 Å². The van der Waals surface area contributed by atoms with Crippen molar-refractivity contribution >= 4 is 5.90 Å². The van der Waals surface area contributed by atoms with Crippen molar-refractivity contribution in [3.05, 3.63) is 0 Å². The van der Waals surface area contributed by atoms with Gasteiger partial charge in [-0.15, -0.1) is 0 Å². The number of rotatable bonds is 2. The summed E-state index contributed by atoms with van der Waals surface area (Å²) < 4.78 is 6.09. The lowest BCUT2D eigenvalue weighted by atomic mass is 9.99. The number of ether oxygens (including phenoxy) is 1. The molecule has 2 aliphatic heterocycles. The lowest BCUT2D eigenvalue weighted by Gasteiger charge is -2.24. The molecule has 0 aromatic rings. The molecule has 3 aliphatic rings. The van der Waals surface area contributed by atoms with Crippen molar-refractivity contribution in [3.63, 3.8) is 0 Å². The second-order valence-corrected chi connectivity index (χ2v) is 5.42. The number of piperidine rings is 1. The third-order valence-corrected chi connectivity index (χ3v) is 4.27. The standard InChI is InChI=1S/C13H22N2O/c1-2-5-10(4-1)12-9-15-13(16-12)11-6-3-7-14-8-11/h10-12,14H,1-9H2. The van der Waals surface area contributed by atoms with E-state index in [1.165, 1.54) is 38.5 Å². The van der Waals surface area contributed by atoms with E-state index in [-0.39, 0.29) is 0 Å². The van der Waals surface area contributed by atoms with Gasteiger partial charge in [0.2, 0.25) is 0 Å². The van der Waals surface area contributed by atoms with Crippen LogP contribution in [-0.4, -0.2) is 31.6 Å². The molecular weight excluding hydrogens is 200 g/mol. The second-order valence-electron chi connectivity index (χ2n) is 5.42. The predicted octanol–water partition coefficient (Wildman–Crippen LogP) is 1.97. The highest BCUT2D eigenvalue weighted by Gasteiger charge is 2.33. The van der Waals surface area contributed by atoms with Gasteiger partial charge < -0.3 is 10.1 Å². The van der Waals surface area contributed by atoms with E-state index in [0.29, 0.717) is 12.0 Å². The normalized spacial score (nSPS) is 36.1. The van der Waals surface area contributed by atoms with E-state index in [2.05, 4.69) is 10.3 Å². The van der Waals surface area contributed by atoms with Gasteiger partial charge in [0.25, 0.3) is 0 Å². The van der Waals surface area contributed by atoms with Crippen molar-refractivity contribution in [1.29, 1.82) is 0 Å². The highest BCUT2D eigenvalue weighted by molar-refractivity contribution is 5.80. The quantitative estimate of drug-likeness (QED) is 0.775. The molecule has 1 saturated carbocycles. The highest BCUT2D eigenvalue weighted by Crippen LogP contribution is 2.32. The fourth-order valence-corrected chi connectivity index (χ4v) is 3.27. The van der Waals surface area contributed by atoms with E-state index >= 15 is 0 Å². The van der Waals surface area contributed by atoms with Crippen LogP contribution in [0.15, 0.2) is 4.99 Å². The fourth-order valence-electron chi connectivity index (χ4n) is 3.27. The Morgan fingerprint density at radius 1 is 1.12 bits per heavy atom. The van der Waals surface area contributed by atoms with E-state index in [9.17, 15) is 0 Å². The van der Waals surface area contributed by atoms with Crippen molar-refractivity contribution in [2.75, 3.05) is 19.6 Å². The zero-order chi connectivity index (χ0) is 10.8. The Morgan fingerprint density at radius 3 is 2.75 bits per heavy atom. The summed E-state index contributed by atoms with van der Waals surface area (Å²) in [5, 5.41) is 3.44. The summed E-state index contributed by atoms with van der Waals surface area (Å²) in [6.45, 7) is 3.16. The van der Waals surface area contributed by atoms with E-state index < -0.39 is 0 Å². The van der Waals surface area contributed by atoms with Crippen molar-refractivity contribution in [3.8, 4) is 0 Å². The summed E-state index contributed by atoms with van der Waals surface area (Å²) in [7, 11) is 0. The molecule has 3 heteroatoms. The predicted molar refractivity (Wildman–Crippen MR) is 64.7 cm³/mol. The Balaban J connectivity index is 1.54. The third-order valence-electron chi connectivity index (χ3n) is 4.27. The van der Waals surface area contributed by atoms with Gasteiger partial charge in [0.05, 0.1) is 6.54 Å². The molecule has 2 fully saturated rings. The van der Waals surface area contributed by atoms with Crippen molar-refractivity contribution in [1.82, 2.24) is 5.32 Å². The maximum Gasteiger partial charge on any atom is 0.188 e. The molecular formula is C13H22N2O. The van der Waals surface area contributed by atoms with Crippen molar-refractivity contribution in [2.24, 2.45) is 16.8 Å². The molecule has 2 atom stereocenters. The summed E-state index contributed by atoms with van der Waals surface area (Å²) in [6.07, 6.45) is 8.44. The molecule has 1 aliphatic carbocycles. The van der Waals surface area contributed by atoms with Gasteiger partial charge in [0.15, 0.2) is 5.90 Å². The van der Waals surface area contributed by atoms with Gasteiger partial charge >= 0.3 is 0 Å². The molecule has 0 aromatic carbocycles. The minimum atomic E-state index is 0.416. The first-order valence-corrected chi connectivity index (χ1v) is 6.85. The molecule has 16 heavy (non-hydrogen) atoms. The van der Waals surface area contributed by atoms with Crippen LogP contribution < -0.4 is 5.32 Å². The number of hydrogen-bond acceptors (Lipinski definition) is 3. The number of nitrogens with zero attached hydrogens (tertiary/aromatic N) is 1. The van der Waals surface area contributed by atoms with Gasteiger partial charge in [0.1, 0.15) is 6.10 Å². The van der Waals surface area contributed by atoms with Gasteiger partial charge in [-0.2, -0.15) is 0 Å². The number of aliphatic imine (C=N–C) groups is 1. The first-order valence-electron chi connectivity index (χ1n) is 6.85. The van der Waals surface area contributed by atoms with Crippen LogP contribution in [0.2, 0.25) is 0 Å². The zero-order valence-corrected chi connectivity index (χ0v) is 9.95. The summed E-state index contributed by atoms with van der Waals surface area (Å²) >= 11 is 0. The molecule has 1 N–H and O–H groups in total. The average molecular weight is 222 g/mol. The lowest BCUT2D eigenvalue weighted by Crippen LogP contribution is -2.35. The fraction of sp³-hybridized carbons (Fsp3) is 0.923. The molecule has 0 radical (unpaired) electrons. The Kier molecular flexibility index (Phi) is 3.13. The smallest absolute Gasteiger partial charge is 0.188 e. The molecule has 3 nitrogen and oxygen atoms in total. The summed E-state index contributed by atoms with van der Waals surface area (Å²) in [5.74, 6) is 2.40. The van der Waals surface area contributed by atoms with E-state index in [0.717, 1.165) is 31.4 Å². The van der Waals surface area contributed by atoms with Crippen molar-refractivity contribution < 1.29 is 4.74 Å². The number of hydrogen-bond donors (Lipinski definition) is 1. The van der Waals surface area contributed by atoms with E-state index in [1.54, 1.807) is 0 Å². The summed E-state index contributed by atoms with van der Waals surface area (Å²) in [4.78, 5) is 4.64. The van der Waals surface area contributed by atoms with Crippen LogP contribution in [-0.2, 0) is 4.74 Å². The van der Waals surface area contributed by atoms with Crippen LogP contribution in [0.3, 0.4) is 0 Å². The van der Waals surface area contributed by atoms with Gasteiger partial charge in [-0.05, 0) is 38.1 Å². The average Bonchev–Trinajstić information content (AvgIpc) is 3.01. The molecule has 2 heterocycles. The van der Waals surface area contributed by atoms with Gasteiger partial charge in [0, 0.05) is 12.5 Å². The highest BCUT2D eigenvalue weighted by atomic mass is 16.5. The zero-order valence-electron chi connectivity index (χ0n) is 9.95. The Morgan fingerprint density at radius 2 is 2.00 bits per heavy atom. The van der Waals surface area contributed by atoms with Crippen LogP contribution in [0.4, 0.5) is 0 Å². The number of nitrogens with one attached hydrogen (secondary N) is 1. The van der Waals surface area contributed by atoms with E-state index in [4.69, 9.17) is 4.74 Å². The topological polar surface area (TPSA) is 33.6 Å². The Hall–Kier alpha value is -0.570. The maximum absolute atomic E-state index is 6.09. The van der Waals surface area contributed by atoms with Crippen LogP contribution in [0, 0.1) is 11.8 Å². The lowest BCUT2D eigenvalue weighted by molar-refractivity contribution is 0.142. The van der Waals surface area contributed by atoms with Gasteiger partial charge in [-0.1, -0.05) is 12.8 Å². The molecule has 0 amide bonds. The minimum Gasteiger partial charge on any atom is -0.475 e. The Bertz CT molecular complexity index is 265. The SMILES string of the molecule is C1CNCC(C2=NCC(C3CCCC3)O2)C1. The van der Waals surface area contributed by atoms with Crippen molar-refractivity contribution in [2.45, 2.75) is 44.6 Å². The Labute approximate surface area is 97.7 Å². The minimum absolute atomic E-state index is 0.416. The second kappa shape index (κ2) is 4.74. The largest absolute Gasteiger partial charge is 0.475 e. The van der Waals surface area contributed by atoms with Gasteiger partial charge in [-0.25, -0.2) is 0 Å². The molecule has 90 valence electrons. The molecule has 0 aromatic heterocycles. The summed E-state index contributed by atoms with van der Waals surface area (Å²) in [6, 6.07) is 0. The van der Waals surface area contributed by atoms with Crippen LogP contribution in [0.25, 0.3) is 0 Å². The maximum atomic E-state index is 6.09. The van der Waals surface area contributed by atoms with Gasteiger partial charge in [-0.3, -0.25) is 4.99 Å². The molecule has 2 unspecified atom stereocenters. The molecule has 0 spiro atoms. The molecule has 0 bridgehead atoms. The first-order chi connectivity index (χ1) is 7.93. The molecule has 3 rings (SSSR count). The summed E-state index contributed by atoms with van der Waals surface area (Å²) in [5.41, 5.74) is 0. The first kappa shape index (κ1) is 10.6. The molecule has 1 saturated heterocycles. The van der Waals surface area contributed by atoms with Crippen LogP contribution in [0.1, 0.15) is 38.5 Å². The van der Waals surface area contributed by atoms with Crippen LogP contribution >= 0.6 is 0 Å².